The molecule has 34 heavy (non-hydrogen) atoms. The fourth-order valence-corrected chi connectivity index (χ4v) is 4.56. The molecule has 0 atom stereocenters. The highest BCUT2D eigenvalue weighted by Crippen LogP contribution is 2.44. The number of likely N-dealkylation sites (tertiary alicyclic amines) is 1. The lowest BCUT2D eigenvalue weighted by molar-refractivity contribution is -0.917. The third-order valence-corrected chi connectivity index (χ3v) is 6.78. The van der Waals surface area contributed by atoms with E-state index in [9.17, 15) is 34.9 Å². The van der Waals surface area contributed by atoms with Crippen LogP contribution >= 0.6 is 0 Å². The molecule has 0 saturated carbocycles. The van der Waals surface area contributed by atoms with Crippen LogP contribution in [0.2, 0.25) is 0 Å². The first kappa shape index (κ1) is 33.5. The molecule has 1 aliphatic rings. The van der Waals surface area contributed by atoms with Gasteiger partial charge in [0.25, 0.3) is 0 Å². The second-order valence-corrected chi connectivity index (χ2v) is 9.88. The number of hydrogen-bond donors (Lipinski definition) is 0. The molecular weight excluding hydrogens is 465 g/mol. The first-order chi connectivity index (χ1) is 15.8. The van der Waals surface area contributed by atoms with Crippen molar-refractivity contribution in [3.8, 4) is 0 Å². The van der Waals surface area contributed by atoms with Gasteiger partial charge in [0.2, 0.25) is 0 Å². The summed E-state index contributed by atoms with van der Waals surface area (Å²) in [6.07, 6.45) is 16.9. The largest absolute Gasteiger partial charge is 0.558 e. The predicted molar refractivity (Wildman–Crippen MR) is 125 cm³/mol. The molecule has 1 saturated heterocycles. The highest BCUT2D eigenvalue weighted by molar-refractivity contribution is 6.61. The van der Waals surface area contributed by atoms with Crippen LogP contribution in [0.4, 0.5) is 34.9 Å². The summed E-state index contributed by atoms with van der Waals surface area (Å²) in [6.45, 7) is 3.38. The van der Waals surface area contributed by atoms with Crippen molar-refractivity contribution >= 4 is 6.98 Å². The van der Waals surface area contributed by atoms with Gasteiger partial charge in [0, 0.05) is 12.8 Å². The van der Waals surface area contributed by atoms with Crippen LogP contribution in [-0.4, -0.2) is 49.6 Å². The molecular formula is C24H46BF8N. The Hall–Kier alpha value is -0.535. The van der Waals surface area contributed by atoms with E-state index in [0.717, 1.165) is 0 Å². The predicted octanol–water partition coefficient (Wildman–Crippen LogP) is 9.67. The molecule has 0 bridgehead atoms. The Morgan fingerprint density at radius 1 is 0.559 bits per heavy atom. The summed E-state index contributed by atoms with van der Waals surface area (Å²) in [7, 11) is 0. The zero-order chi connectivity index (χ0) is 26.1. The Balaban J connectivity index is 0.000000833. The molecule has 0 N–H and O–H groups in total. The van der Waals surface area contributed by atoms with Gasteiger partial charge in [-0.25, -0.2) is 8.78 Å². The van der Waals surface area contributed by atoms with E-state index in [1.165, 1.54) is 133 Å². The van der Waals surface area contributed by atoms with Crippen molar-refractivity contribution < 1.29 is 39.4 Å². The van der Waals surface area contributed by atoms with E-state index in [2.05, 4.69) is 13.8 Å². The molecule has 0 aliphatic carbocycles. The SMILES string of the molecule is CCCCCCCCC[N+]1(CCCCCCCCC)CCCC1.F[B-](F)(F)C(F)(F)C(F)(F)F. The number of quaternary nitrogens is 1. The maximum atomic E-state index is 11.2. The van der Waals surface area contributed by atoms with Gasteiger partial charge < -0.3 is 17.4 Å². The zero-order valence-corrected chi connectivity index (χ0v) is 21.2. The third kappa shape index (κ3) is 13.5. The lowest BCUT2D eigenvalue weighted by atomic mass is 9.80. The van der Waals surface area contributed by atoms with Crippen LogP contribution in [0.15, 0.2) is 0 Å². The first-order valence-electron chi connectivity index (χ1n) is 13.3. The van der Waals surface area contributed by atoms with Crippen LogP contribution in [0, 0.1) is 0 Å². The Bertz CT molecular complexity index is 452. The lowest BCUT2D eigenvalue weighted by Crippen LogP contribution is -2.53. The van der Waals surface area contributed by atoms with Crippen LogP contribution in [0.5, 0.6) is 0 Å². The van der Waals surface area contributed by atoms with Crippen molar-refractivity contribution in [3.63, 3.8) is 0 Å². The van der Waals surface area contributed by atoms with E-state index in [1.807, 2.05) is 0 Å². The summed E-state index contributed by atoms with van der Waals surface area (Å²) in [4.78, 5) is 0. The monoisotopic (exact) mass is 511 g/mol. The van der Waals surface area contributed by atoms with E-state index in [4.69, 9.17) is 0 Å². The van der Waals surface area contributed by atoms with Gasteiger partial charge in [-0.15, -0.1) is 0 Å². The molecule has 0 radical (unpaired) electrons. The Morgan fingerprint density at radius 2 is 0.882 bits per heavy atom. The number of alkyl halides is 5. The minimum Gasteiger partial charge on any atom is -0.445 e. The average molecular weight is 511 g/mol. The summed E-state index contributed by atoms with van der Waals surface area (Å²) in [6, 6.07) is 0. The van der Waals surface area contributed by atoms with Crippen molar-refractivity contribution in [1.82, 2.24) is 0 Å². The van der Waals surface area contributed by atoms with Gasteiger partial charge in [-0.3, -0.25) is 0 Å². The molecule has 0 unspecified atom stereocenters. The molecule has 206 valence electrons. The van der Waals surface area contributed by atoms with E-state index < -0.39 is 19.0 Å². The molecule has 1 nitrogen and oxygen atoms in total. The first-order valence-corrected chi connectivity index (χ1v) is 13.3. The highest BCUT2D eigenvalue weighted by atomic mass is 19.4. The highest BCUT2D eigenvalue weighted by Gasteiger charge is 2.69. The normalized spacial score (nSPS) is 16.4. The maximum Gasteiger partial charge on any atom is 0.558 e. The van der Waals surface area contributed by atoms with Crippen LogP contribution < -0.4 is 0 Å². The minimum absolute atomic E-state index is 1.37. The van der Waals surface area contributed by atoms with E-state index in [-0.39, 0.29) is 0 Å². The van der Waals surface area contributed by atoms with Gasteiger partial charge in [0.15, 0.2) is 0 Å². The number of unbranched alkanes of at least 4 members (excludes halogenated alkanes) is 12. The second kappa shape index (κ2) is 17.0. The number of hydrogen-bond acceptors (Lipinski definition) is 0. The van der Waals surface area contributed by atoms with Gasteiger partial charge in [-0.1, -0.05) is 78.1 Å². The Morgan fingerprint density at radius 3 is 1.15 bits per heavy atom. The van der Waals surface area contributed by atoms with Gasteiger partial charge in [0.05, 0.1) is 26.2 Å². The average Bonchev–Trinajstić information content (AvgIpc) is 3.20. The number of rotatable bonds is 17. The van der Waals surface area contributed by atoms with E-state index in [0.29, 0.717) is 0 Å². The Labute approximate surface area is 201 Å². The van der Waals surface area contributed by atoms with E-state index in [1.54, 1.807) is 0 Å². The van der Waals surface area contributed by atoms with Gasteiger partial charge in [-0.05, 0) is 25.7 Å². The quantitative estimate of drug-likeness (QED) is 0.0789. The second-order valence-electron chi connectivity index (χ2n) is 9.88. The molecule has 1 fully saturated rings. The van der Waals surface area contributed by atoms with E-state index >= 15 is 0 Å². The van der Waals surface area contributed by atoms with Crippen LogP contribution in [0.3, 0.4) is 0 Å². The third-order valence-electron chi connectivity index (χ3n) is 6.78. The van der Waals surface area contributed by atoms with Gasteiger partial charge in [0.1, 0.15) is 0 Å². The molecule has 1 heterocycles. The fraction of sp³-hybridized carbons (Fsp3) is 1.00. The molecule has 0 aromatic heterocycles. The molecule has 10 heteroatoms. The smallest absolute Gasteiger partial charge is 0.445 e. The van der Waals surface area contributed by atoms with Crippen molar-refractivity contribution in [3.05, 3.63) is 0 Å². The number of nitrogens with zero attached hydrogens (tertiary/aromatic N) is 1. The van der Waals surface area contributed by atoms with Crippen LogP contribution in [0.25, 0.3) is 0 Å². The molecule has 0 aromatic rings. The Kier molecular flexibility index (Phi) is 16.7. The summed E-state index contributed by atoms with van der Waals surface area (Å²) in [5.74, 6) is -6.56. The minimum atomic E-state index is -7.21. The van der Waals surface area contributed by atoms with Crippen LogP contribution in [-0.2, 0) is 0 Å². The van der Waals surface area contributed by atoms with Gasteiger partial charge >= 0.3 is 19.0 Å². The summed E-state index contributed by atoms with van der Waals surface area (Å²) < 4.78 is 89.3. The lowest BCUT2D eigenvalue weighted by Gasteiger charge is -2.34. The molecule has 0 amide bonds. The topological polar surface area (TPSA) is 0 Å². The summed E-state index contributed by atoms with van der Waals surface area (Å²) in [5, 5.41) is 0. The summed E-state index contributed by atoms with van der Waals surface area (Å²) in [5.41, 5.74) is 0. The number of halogens is 8. The molecule has 1 rings (SSSR count). The standard InChI is InChI=1S/C22H46N.C2BF8/c1-3-5-7-9-11-13-15-19-23(21-17-18-22-23)20-16-14-12-10-8-6-4-2;4-1(5,2(6,7)8)3(9,10)11/h3-22H2,1-2H3;/q+1;-1. The van der Waals surface area contributed by atoms with Crippen molar-refractivity contribution in [1.29, 1.82) is 0 Å². The molecule has 1 aliphatic heterocycles. The van der Waals surface area contributed by atoms with Gasteiger partial charge in [-0.2, -0.15) is 13.2 Å². The maximum absolute atomic E-state index is 11.2. The molecule has 0 aromatic carbocycles. The van der Waals surface area contributed by atoms with Crippen LogP contribution in [0.1, 0.15) is 117 Å². The fourth-order valence-electron chi connectivity index (χ4n) is 4.56. The summed E-state index contributed by atoms with van der Waals surface area (Å²) >= 11 is 0. The molecule has 0 spiro atoms. The van der Waals surface area contributed by atoms with Crippen molar-refractivity contribution in [2.24, 2.45) is 0 Å². The zero-order valence-electron chi connectivity index (χ0n) is 21.2. The van der Waals surface area contributed by atoms with Crippen molar-refractivity contribution in [2.75, 3.05) is 26.2 Å². The van der Waals surface area contributed by atoms with Crippen molar-refractivity contribution in [2.45, 2.75) is 129 Å².